The second kappa shape index (κ2) is 4.58. The zero-order chi connectivity index (χ0) is 12.5. The smallest absolute Gasteiger partial charge is 0.179 e. The SMILES string of the molecule is CS(=O)(=O)c1cccc(C(=O)C2CCCN2)c1. The van der Waals surface area contributed by atoms with Crippen molar-refractivity contribution < 1.29 is 13.2 Å². The van der Waals surface area contributed by atoms with Crippen LogP contribution in [0, 0.1) is 0 Å². The van der Waals surface area contributed by atoms with Crippen LogP contribution in [0.15, 0.2) is 29.2 Å². The van der Waals surface area contributed by atoms with E-state index in [-0.39, 0.29) is 16.7 Å². The summed E-state index contributed by atoms with van der Waals surface area (Å²) in [4.78, 5) is 12.3. The standard InChI is InChI=1S/C12H15NO3S/c1-17(15,16)10-5-2-4-9(8-10)12(14)11-6-3-7-13-11/h2,4-5,8,11,13H,3,6-7H2,1H3. The quantitative estimate of drug-likeness (QED) is 0.817. The predicted octanol–water partition coefficient (Wildman–Crippen LogP) is 1.02. The van der Waals surface area contributed by atoms with Crippen molar-refractivity contribution in [1.82, 2.24) is 5.32 Å². The molecule has 1 aromatic carbocycles. The third-order valence-electron chi connectivity index (χ3n) is 2.92. The number of Topliss-reactive ketones (excluding diaryl/α,β-unsaturated/α-hetero) is 1. The van der Waals surface area contributed by atoms with Crippen molar-refractivity contribution in [3.8, 4) is 0 Å². The number of ketones is 1. The number of benzene rings is 1. The van der Waals surface area contributed by atoms with Gasteiger partial charge in [0.1, 0.15) is 0 Å². The minimum atomic E-state index is -3.25. The Balaban J connectivity index is 2.30. The molecule has 1 saturated heterocycles. The molecule has 0 aromatic heterocycles. The lowest BCUT2D eigenvalue weighted by Gasteiger charge is -2.09. The molecule has 0 aliphatic carbocycles. The average Bonchev–Trinajstić information content (AvgIpc) is 2.80. The van der Waals surface area contributed by atoms with Crippen molar-refractivity contribution in [3.05, 3.63) is 29.8 Å². The van der Waals surface area contributed by atoms with E-state index >= 15 is 0 Å². The molecular weight excluding hydrogens is 238 g/mol. The highest BCUT2D eigenvalue weighted by Crippen LogP contribution is 2.16. The fourth-order valence-corrected chi connectivity index (χ4v) is 2.66. The van der Waals surface area contributed by atoms with E-state index in [1.54, 1.807) is 12.1 Å². The summed E-state index contributed by atoms with van der Waals surface area (Å²) in [5.41, 5.74) is 0.465. The first kappa shape index (κ1) is 12.3. The third-order valence-corrected chi connectivity index (χ3v) is 4.03. The molecule has 0 spiro atoms. The van der Waals surface area contributed by atoms with Crippen LogP contribution in [-0.4, -0.2) is 33.0 Å². The highest BCUT2D eigenvalue weighted by molar-refractivity contribution is 7.90. The van der Waals surface area contributed by atoms with Crippen molar-refractivity contribution >= 4 is 15.6 Å². The first-order chi connectivity index (χ1) is 7.98. The molecule has 0 amide bonds. The maximum atomic E-state index is 12.1. The van der Waals surface area contributed by atoms with Crippen molar-refractivity contribution in [3.63, 3.8) is 0 Å². The first-order valence-electron chi connectivity index (χ1n) is 5.56. The second-order valence-corrected chi connectivity index (χ2v) is 6.33. The Morgan fingerprint density at radius 2 is 2.18 bits per heavy atom. The van der Waals surface area contributed by atoms with Crippen molar-refractivity contribution in [2.75, 3.05) is 12.8 Å². The monoisotopic (exact) mass is 253 g/mol. The van der Waals surface area contributed by atoms with Gasteiger partial charge in [-0.2, -0.15) is 0 Å². The maximum absolute atomic E-state index is 12.1. The topological polar surface area (TPSA) is 63.2 Å². The van der Waals surface area contributed by atoms with Gasteiger partial charge in [0.15, 0.2) is 15.6 Å². The molecule has 5 heteroatoms. The van der Waals surface area contributed by atoms with Crippen LogP contribution >= 0.6 is 0 Å². The summed E-state index contributed by atoms with van der Waals surface area (Å²) in [6, 6.07) is 6.08. The van der Waals surface area contributed by atoms with Crippen LogP contribution in [0.1, 0.15) is 23.2 Å². The summed E-state index contributed by atoms with van der Waals surface area (Å²) in [5.74, 6) is -0.0204. The highest BCUT2D eigenvalue weighted by atomic mass is 32.2. The van der Waals surface area contributed by atoms with E-state index in [9.17, 15) is 13.2 Å². The summed E-state index contributed by atoms with van der Waals surface area (Å²) in [6.45, 7) is 0.849. The fraction of sp³-hybridized carbons (Fsp3) is 0.417. The van der Waals surface area contributed by atoms with Gasteiger partial charge in [0, 0.05) is 11.8 Å². The Bertz CT molecular complexity index is 530. The van der Waals surface area contributed by atoms with Gasteiger partial charge < -0.3 is 5.32 Å². The first-order valence-corrected chi connectivity index (χ1v) is 7.45. The van der Waals surface area contributed by atoms with Gasteiger partial charge in [-0.05, 0) is 31.5 Å². The van der Waals surface area contributed by atoms with E-state index in [4.69, 9.17) is 0 Å². The summed E-state index contributed by atoms with van der Waals surface area (Å²) < 4.78 is 22.8. The Hall–Kier alpha value is -1.20. The summed E-state index contributed by atoms with van der Waals surface area (Å²) in [6.07, 6.45) is 2.95. The molecule has 1 fully saturated rings. The van der Waals surface area contributed by atoms with Crippen LogP contribution in [0.2, 0.25) is 0 Å². The van der Waals surface area contributed by atoms with Crippen molar-refractivity contribution in [2.45, 2.75) is 23.8 Å². The molecule has 1 aliphatic heterocycles. The number of rotatable bonds is 3. The molecule has 1 N–H and O–H groups in total. The third kappa shape index (κ3) is 2.73. The second-order valence-electron chi connectivity index (χ2n) is 4.31. The van der Waals surface area contributed by atoms with Gasteiger partial charge in [-0.25, -0.2) is 8.42 Å². The lowest BCUT2D eigenvalue weighted by Crippen LogP contribution is -2.30. The normalized spacial score (nSPS) is 20.4. The van der Waals surface area contributed by atoms with E-state index in [2.05, 4.69) is 5.32 Å². The van der Waals surface area contributed by atoms with Crippen LogP contribution in [0.4, 0.5) is 0 Å². The Morgan fingerprint density at radius 3 is 2.76 bits per heavy atom. The average molecular weight is 253 g/mol. The highest BCUT2D eigenvalue weighted by Gasteiger charge is 2.23. The zero-order valence-electron chi connectivity index (χ0n) is 9.64. The molecule has 0 bridgehead atoms. The fourth-order valence-electron chi connectivity index (χ4n) is 1.99. The molecule has 4 nitrogen and oxygen atoms in total. The Labute approximate surface area is 101 Å². The molecule has 1 unspecified atom stereocenters. The van der Waals surface area contributed by atoms with Crippen LogP contribution < -0.4 is 5.32 Å². The molecule has 1 heterocycles. The number of carbonyl (C=O) groups excluding carboxylic acids is 1. The minimum absolute atomic E-state index is 0.0204. The molecule has 92 valence electrons. The van der Waals surface area contributed by atoms with Crippen molar-refractivity contribution in [1.29, 1.82) is 0 Å². The number of nitrogens with one attached hydrogen (secondary N) is 1. The van der Waals surface area contributed by atoms with Gasteiger partial charge in [0.2, 0.25) is 0 Å². The molecule has 0 radical (unpaired) electrons. The van der Waals surface area contributed by atoms with Crippen molar-refractivity contribution in [2.24, 2.45) is 0 Å². The van der Waals surface area contributed by atoms with E-state index < -0.39 is 9.84 Å². The largest absolute Gasteiger partial charge is 0.307 e. The van der Waals surface area contributed by atoms with Gasteiger partial charge in [0.05, 0.1) is 10.9 Å². The molecule has 17 heavy (non-hydrogen) atoms. The number of sulfone groups is 1. The van der Waals surface area contributed by atoms with Gasteiger partial charge in [0.25, 0.3) is 0 Å². The molecule has 2 rings (SSSR count). The van der Waals surface area contributed by atoms with Crippen LogP contribution in [-0.2, 0) is 9.84 Å². The Morgan fingerprint density at radius 1 is 1.41 bits per heavy atom. The van der Waals surface area contributed by atoms with E-state index in [0.29, 0.717) is 5.56 Å². The number of hydrogen-bond acceptors (Lipinski definition) is 4. The molecule has 1 aromatic rings. The van der Waals surface area contributed by atoms with Crippen LogP contribution in [0.3, 0.4) is 0 Å². The lowest BCUT2D eigenvalue weighted by atomic mass is 10.0. The summed E-state index contributed by atoms with van der Waals surface area (Å²) in [5, 5.41) is 3.11. The van der Waals surface area contributed by atoms with E-state index in [0.717, 1.165) is 25.6 Å². The molecular formula is C12H15NO3S. The van der Waals surface area contributed by atoms with Gasteiger partial charge in [-0.1, -0.05) is 12.1 Å². The van der Waals surface area contributed by atoms with E-state index in [1.807, 2.05) is 0 Å². The summed E-state index contributed by atoms with van der Waals surface area (Å²) >= 11 is 0. The lowest BCUT2D eigenvalue weighted by molar-refractivity contribution is 0.0952. The van der Waals surface area contributed by atoms with Gasteiger partial charge in [-0.3, -0.25) is 4.79 Å². The van der Waals surface area contributed by atoms with Crippen LogP contribution in [0.5, 0.6) is 0 Å². The number of carbonyl (C=O) groups is 1. The van der Waals surface area contributed by atoms with Crippen LogP contribution in [0.25, 0.3) is 0 Å². The summed E-state index contributed by atoms with van der Waals surface area (Å²) in [7, 11) is -3.25. The van der Waals surface area contributed by atoms with E-state index in [1.165, 1.54) is 12.1 Å². The predicted molar refractivity (Wildman–Crippen MR) is 64.9 cm³/mol. The van der Waals surface area contributed by atoms with Gasteiger partial charge >= 0.3 is 0 Å². The molecule has 1 atom stereocenters. The maximum Gasteiger partial charge on any atom is 0.179 e. The molecule has 0 saturated carbocycles. The Kier molecular flexibility index (Phi) is 3.31. The zero-order valence-corrected chi connectivity index (χ0v) is 10.5. The number of hydrogen-bond donors (Lipinski definition) is 1. The molecule has 1 aliphatic rings. The van der Waals surface area contributed by atoms with Gasteiger partial charge in [-0.15, -0.1) is 0 Å². The minimum Gasteiger partial charge on any atom is -0.307 e.